The van der Waals surface area contributed by atoms with Gasteiger partial charge in [0.25, 0.3) is 0 Å². The van der Waals surface area contributed by atoms with Crippen molar-refractivity contribution in [2.45, 2.75) is 13.0 Å². The number of phenols is 1. The minimum absolute atomic E-state index is 0.111. The van der Waals surface area contributed by atoms with Crippen molar-refractivity contribution in [2.24, 2.45) is 0 Å². The molecule has 2 aromatic carbocycles. The number of carbonyl (C=O) groups is 2. The van der Waals surface area contributed by atoms with Crippen LogP contribution in [-0.2, 0) is 9.53 Å². The molecule has 1 N–H and O–H groups in total. The maximum absolute atomic E-state index is 12.7. The number of benzene rings is 2. The number of phenolic OH excluding ortho intramolecular Hbond substituents is 1. The smallest absolute Gasteiger partial charge is 0.416 e. The van der Waals surface area contributed by atoms with Gasteiger partial charge in [-0.15, -0.1) is 0 Å². The predicted octanol–water partition coefficient (Wildman–Crippen LogP) is 3.14. The van der Waals surface area contributed by atoms with Gasteiger partial charge in [-0.25, -0.2) is 4.79 Å². The average Bonchev–Trinajstić information content (AvgIpc) is 2.66. The second-order valence-electron chi connectivity index (χ2n) is 5.52. The molecule has 138 valence electrons. The van der Waals surface area contributed by atoms with Gasteiger partial charge in [0.1, 0.15) is 23.8 Å². The first-order valence-electron chi connectivity index (χ1n) is 7.93. The van der Waals surface area contributed by atoms with E-state index in [1.165, 1.54) is 31.3 Å². The normalized spacial score (nSPS) is 11.3. The Morgan fingerprint density at radius 3 is 2.35 bits per heavy atom. The molecular formula is C19H21NO6. The van der Waals surface area contributed by atoms with Crippen LogP contribution in [0.4, 0.5) is 4.79 Å². The molecule has 7 nitrogen and oxygen atoms in total. The Hall–Kier alpha value is -3.22. The molecule has 0 saturated carbocycles. The minimum atomic E-state index is -0.704. The van der Waals surface area contributed by atoms with Crippen LogP contribution in [0.15, 0.2) is 48.5 Å². The lowest BCUT2D eigenvalue weighted by Crippen LogP contribution is -2.40. The summed E-state index contributed by atoms with van der Waals surface area (Å²) in [4.78, 5) is 25.6. The van der Waals surface area contributed by atoms with E-state index >= 15 is 0 Å². The van der Waals surface area contributed by atoms with Crippen LogP contribution in [0, 0.1) is 0 Å². The zero-order valence-electron chi connectivity index (χ0n) is 14.8. The van der Waals surface area contributed by atoms with Gasteiger partial charge in [-0.3, -0.25) is 9.69 Å². The van der Waals surface area contributed by atoms with E-state index in [9.17, 15) is 14.7 Å². The number of rotatable bonds is 6. The van der Waals surface area contributed by atoms with Crippen LogP contribution in [0.5, 0.6) is 17.2 Å². The number of ether oxygens (including phenoxy) is 3. The number of nitrogens with zero attached hydrogens (tertiary/aromatic N) is 1. The lowest BCUT2D eigenvalue weighted by molar-refractivity contribution is -0.141. The highest BCUT2D eigenvalue weighted by Gasteiger charge is 2.26. The summed E-state index contributed by atoms with van der Waals surface area (Å²) in [6, 6.07) is 12.5. The SMILES string of the molecule is COC(=O)CN(C(=O)Oc1cccc(OC)c1)C(C)c1ccc(O)cc1. The van der Waals surface area contributed by atoms with Crippen LogP contribution < -0.4 is 9.47 Å². The Labute approximate surface area is 151 Å². The fourth-order valence-corrected chi connectivity index (χ4v) is 2.32. The van der Waals surface area contributed by atoms with Gasteiger partial charge in [-0.05, 0) is 36.8 Å². The highest BCUT2D eigenvalue weighted by atomic mass is 16.6. The van der Waals surface area contributed by atoms with Crippen molar-refractivity contribution in [3.8, 4) is 17.2 Å². The van der Waals surface area contributed by atoms with Gasteiger partial charge in [0.05, 0.1) is 20.3 Å². The zero-order chi connectivity index (χ0) is 19.1. The average molecular weight is 359 g/mol. The molecule has 1 unspecified atom stereocenters. The molecule has 2 aromatic rings. The Morgan fingerprint density at radius 1 is 1.08 bits per heavy atom. The summed E-state index contributed by atoms with van der Waals surface area (Å²) in [6.07, 6.45) is -0.704. The van der Waals surface area contributed by atoms with E-state index in [1.54, 1.807) is 43.3 Å². The van der Waals surface area contributed by atoms with Gasteiger partial charge in [0.15, 0.2) is 0 Å². The first kappa shape index (κ1) is 19.1. The molecule has 0 fully saturated rings. The second kappa shape index (κ2) is 8.75. The Bertz CT molecular complexity index is 759. The predicted molar refractivity (Wildman–Crippen MR) is 94.3 cm³/mol. The first-order chi connectivity index (χ1) is 12.4. The Morgan fingerprint density at radius 2 is 1.73 bits per heavy atom. The van der Waals surface area contributed by atoms with E-state index in [-0.39, 0.29) is 12.3 Å². The van der Waals surface area contributed by atoms with Crippen molar-refractivity contribution in [1.82, 2.24) is 4.90 Å². The topological polar surface area (TPSA) is 85.3 Å². The highest BCUT2D eigenvalue weighted by molar-refractivity contribution is 5.79. The lowest BCUT2D eigenvalue weighted by Gasteiger charge is -2.27. The molecule has 0 saturated heterocycles. The number of methoxy groups -OCH3 is 2. The van der Waals surface area contributed by atoms with E-state index in [0.29, 0.717) is 11.5 Å². The van der Waals surface area contributed by atoms with Gasteiger partial charge >= 0.3 is 12.1 Å². The van der Waals surface area contributed by atoms with Crippen molar-refractivity contribution in [3.63, 3.8) is 0 Å². The number of esters is 1. The minimum Gasteiger partial charge on any atom is -0.508 e. The standard InChI is InChI=1S/C19H21NO6/c1-13(14-7-9-15(21)10-8-14)20(12-18(22)25-3)19(23)26-17-6-4-5-16(11-17)24-2/h4-11,13,21H,12H2,1-3H3. The van der Waals surface area contributed by atoms with E-state index in [1.807, 2.05) is 0 Å². The number of hydrogen-bond acceptors (Lipinski definition) is 6. The van der Waals surface area contributed by atoms with Gasteiger partial charge in [-0.2, -0.15) is 0 Å². The summed E-state index contributed by atoms with van der Waals surface area (Å²) in [5, 5.41) is 9.42. The van der Waals surface area contributed by atoms with Gasteiger partial charge in [0.2, 0.25) is 0 Å². The number of carbonyl (C=O) groups excluding carboxylic acids is 2. The Balaban J connectivity index is 2.23. The van der Waals surface area contributed by atoms with Crippen LogP contribution in [0.3, 0.4) is 0 Å². The van der Waals surface area contributed by atoms with E-state index in [4.69, 9.17) is 9.47 Å². The lowest BCUT2D eigenvalue weighted by atomic mass is 10.1. The van der Waals surface area contributed by atoms with E-state index in [2.05, 4.69) is 4.74 Å². The largest absolute Gasteiger partial charge is 0.508 e. The van der Waals surface area contributed by atoms with E-state index < -0.39 is 18.1 Å². The van der Waals surface area contributed by atoms with Crippen LogP contribution in [-0.4, -0.2) is 42.8 Å². The van der Waals surface area contributed by atoms with Crippen LogP contribution in [0.2, 0.25) is 0 Å². The molecule has 0 bridgehead atoms. The molecule has 0 aliphatic rings. The van der Waals surface area contributed by atoms with E-state index in [0.717, 1.165) is 5.56 Å². The quantitative estimate of drug-likeness (QED) is 0.798. The summed E-state index contributed by atoms with van der Waals surface area (Å²) in [5.41, 5.74) is 0.731. The summed E-state index contributed by atoms with van der Waals surface area (Å²) >= 11 is 0. The van der Waals surface area contributed by atoms with Gasteiger partial charge in [0, 0.05) is 6.07 Å². The van der Waals surface area contributed by atoms with Crippen LogP contribution in [0.1, 0.15) is 18.5 Å². The molecule has 1 atom stereocenters. The van der Waals surface area contributed by atoms with Crippen molar-refractivity contribution >= 4 is 12.1 Å². The number of hydrogen-bond donors (Lipinski definition) is 1. The molecular weight excluding hydrogens is 338 g/mol. The maximum Gasteiger partial charge on any atom is 0.416 e. The molecule has 0 aromatic heterocycles. The summed E-state index contributed by atoms with van der Waals surface area (Å²) in [6.45, 7) is 1.48. The third kappa shape index (κ3) is 4.89. The monoisotopic (exact) mass is 359 g/mol. The molecule has 26 heavy (non-hydrogen) atoms. The summed E-state index contributed by atoms with van der Waals surface area (Å²) < 4.78 is 15.2. The summed E-state index contributed by atoms with van der Waals surface area (Å²) in [5.74, 6) is 0.376. The van der Waals surface area contributed by atoms with Crippen molar-refractivity contribution in [1.29, 1.82) is 0 Å². The fourth-order valence-electron chi connectivity index (χ4n) is 2.32. The zero-order valence-corrected chi connectivity index (χ0v) is 14.8. The highest BCUT2D eigenvalue weighted by Crippen LogP contribution is 2.25. The maximum atomic E-state index is 12.7. The third-order valence-corrected chi connectivity index (χ3v) is 3.85. The van der Waals surface area contributed by atoms with Crippen LogP contribution in [0.25, 0.3) is 0 Å². The molecule has 0 spiro atoms. The molecule has 1 amide bonds. The second-order valence-corrected chi connectivity index (χ2v) is 5.52. The van der Waals surface area contributed by atoms with Gasteiger partial charge < -0.3 is 19.3 Å². The van der Waals surface area contributed by atoms with Crippen molar-refractivity contribution in [2.75, 3.05) is 20.8 Å². The fraction of sp³-hybridized carbons (Fsp3) is 0.263. The van der Waals surface area contributed by atoms with Crippen LogP contribution >= 0.6 is 0 Å². The third-order valence-electron chi connectivity index (χ3n) is 3.85. The molecule has 0 aliphatic heterocycles. The molecule has 7 heteroatoms. The molecule has 0 heterocycles. The first-order valence-corrected chi connectivity index (χ1v) is 7.93. The van der Waals surface area contributed by atoms with Crippen molar-refractivity contribution in [3.05, 3.63) is 54.1 Å². The molecule has 0 aliphatic carbocycles. The summed E-state index contributed by atoms with van der Waals surface area (Å²) in [7, 11) is 2.76. The van der Waals surface area contributed by atoms with Gasteiger partial charge in [-0.1, -0.05) is 18.2 Å². The number of aromatic hydroxyl groups is 1. The van der Waals surface area contributed by atoms with Crippen molar-refractivity contribution < 1.29 is 28.9 Å². The number of amides is 1. The molecule has 2 rings (SSSR count). The molecule has 0 radical (unpaired) electrons. The Kier molecular flexibility index (Phi) is 6.43.